The normalized spacial score (nSPS) is 27.3. The van der Waals surface area contributed by atoms with Crippen molar-refractivity contribution in [1.82, 2.24) is 19.5 Å². The second kappa shape index (κ2) is 9.39. The van der Waals surface area contributed by atoms with Crippen LogP contribution in [0.5, 0.6) is 0 Å². The van der Waals surface area contributed by atoms with E-state index < -0.39 is 24.5 Å². The third-order valence-electron chi connectivity index (χ3n) is 5.58. The minimum absolute atomic E-state index is 0.104. The molecule has 3 heterocycles. The van der Waals surface area contributed by atoms with Gasteiger partial charge in [0.05, 0.1) is 12.6 Å². The molecular weight excluding hydrogens is 378 g/mol. The maximum absolute atomic E-state index is 10.6. The van der Waals surface area contributed by atoms with Crippen LogP contribution in [0.4, 0.5) is 5.82 Å². The average molecular weight is 411 g/mol. The van der Waals surface area contributed by atoms with Gasteiger partial charge >= 0.3 is 0 Å². The van der Waals surface area contributed by atoms with E-state index in [1.54, 1.807) is 4.57 Å². The molecule has 2 aromatic heterocycles. The van der Waals surface area contributed by atoms with Gasteiger partial charge in [0.25, 0.3) is 0 Å². The van der Waals surface area contributed by atoms with Crippen molar-refractivity contribution in [2.45, 2.75) is 75.7 Å². The number of imidazole rings is 1. The second-order valence-electron chi connectivity index (χ2n) is 7.51. The van der Waals surface area contributed by atoms with Crippen LogP contribution in [0.2, 0.25) is 0 Å². The topological polar surface area (TPSA) is 119 Å². The quantitative estimate of drug-likeness (QED) is 0.424. The minimum Gasteiger partial charge on any atom is -0.387 e. The standard InChI is InChI=1S/C19H32N5O3S/c1-4-6-7-8-12(5-2)28(3)9-13-15(25)16(26)19(27-13)24-11-23-14-17(20)21-10-22-18(14)24/h10-13,15-16,19,25-26H,4-9H2,1-3H3,(H2,20,21,22)/q+1/t12?,13-,15-,16-,19+,28?/m1/s1. The van der Waals surface area contributed by atoms with Crippen molar-refractivity contribution in [3.63, 3.8) is 0 Å². The van der Waals surface area contributed by atoms with Gasteiger partial charge in [-0.05, 0) is 30.2 Å². The summed E-state index contributed by atoms with van der Waals surface area (Å²) < 4.78 is 7.73. The Morgan fingerprint density at radius 2 is 2.00 bits per heavy atom. The third kappa shape index (κ3) is 4.27. The lowest BCUT2D eigenvalue weighted by molar-refractivity contribution is -0.0290. The lowest BCUT2D eigenvalue weighted by Gasteiger charge is -2.19. The molecule has 28 heavy (non-hydrogen) atoms. The zero-order chi connectivity index (χ0) is 20.3. The van der Waals surface area contributed by atoms with Crippen molar-refractivity contribution in [3.8, 4) is 0 Å². The molecule has 2 aromatic rings. The predicted octanol–water partition coefficient (Wildman–Crippen LogP) is 1.63. The largest absolute Gasteiger partial charge is 0.387 e. The fourth-order valence-electron chi connectivity index (χ4n) is 3.86. The molecule has 6 atom stereocenters. The lowest BCUT2D eigenvalue weighted by atomic mass is 10.1. The molecule has 1 fully saturated rings. The van der Waals surface area contributed by atoms with Crippen LogP contribution in [-0.4, -0.2) is 65.3 Å². The molecule has 1 aliphatic rings. The van der Waals surface area contributed by atoms with Crippen LogP contribution < -0.4 is 5.73 Å². The van der Waals surface area contributed by atoms with Crippen LogP contribution in [0.15, 0.2) is 12.7 Å². The van der Waals surface area contributed by atoms with E-state index in [0.29, 0.717) is 16.4 Å². The van der Waals surface area contributed by atoms with Gasteiger partial charge in [-0.15, -0.1) is 0 Å². The Morgan fingerprint density at radius 3 is 2.71 bits per heavy atom. The highest BCUT2D eigenvalue weighted by molar-refractivity contribution is 7.96. The smallest absolute Gasteiger partial charge is 0.167 e. The number of aliphatic hydroxyl groups excluding tert-OH is 2. The Bertz CT molecular complexity index is 773. The van der Waals surface area contributed by atoms with Crippen molar-refractivity contribution in [2.75, 3.05) is 17.7 Å². The Balaban J connectivity index is 1.70. The number of rotatable bonds is 9. The minimum atomic E-state index is -1.05. The zero-order valence-corrected chi connectivity index (χ0v) is 17.7. The fraction of sp³-hybridized carbons (Fsp3) is 0.737. The summed E-state index contributed by atoms with van der Waals surface area (Å²) in [4.78, 5) is 12.4. The van der Waals surface area contributed by atoms with Crippen molar-refractivity contribution in [3.05, 3.63) is 12.7 Å². The van der Waals surface area contributed by atoms with Crippen LogP contribution in [0.3, 0.4) is 0 Å². The number of aromatic nitrogens is 4. The number of hydrogen-bond acceptors (Lipinski definition) is 7. The molecule has 1 aliphatic heterocycles. The number of fused-ring (bicyclic) bond motifs is 1. The number of nitrogen functional groups attached to an aromatic ring is 1. The van der Waals surface area contributed by atoms with E-state index in [-0.39, 0.29) is 16.7 Å². The number of aliphatic hydroxyl groups is 2. The van der Waals surface area contributed by atoms with Crippen LogP contribution in [-0.2, 0) is 15.6 Å². The lowest BCUT2D eigenvalue weighted by Crippen LogP contribution is -2.37. The van der Waals surface area contributed by atoms with Crippen LogP contribution in [0.25, 0.3) is 11.2 Å². The molecule has 156 valence electrons. The molecule has 0 radical (unpaired) electrons. The summed E-state index contributed by atoms with van der Waals surface area (Å²) >= 11 is 0. The van der Waals surface area contributed by atoms with Crippen molar-refractivity contribution in [2.24, 2.45) is 0 Å². The van der Waals surface area contributed by atoms with E-state index in [0.717, 1.165) is 12.2 Å². The Kier molecular flexibility index (Phi) is 7.14. The molecule has 0 bridgehead atoms. The maximum atomic E-state index is 10.6. The molecule has 9 heteroatoms. The second-order valence-corrected chi connectivity index (χ2v) is 9.90. The molecule has 8 nitrogen and oxygen atoms in total. The first-order valence-electron chi connectivity index (χ1n) is 10.0. The molecule has 0 aromatic carbocycles. The maximum Gasteiger partial charge on any atom is 0.167 e. The number of hydrogen-bond donors (Lipinski definition) is 3. The number of unbranched alkanes of at least 4 members (excludes halogenated alkanes) is 2. The summed E-state index contributed by atoms with van der Waals surface area (Å²) in [6.45, 7) is 4.45. The fourth-order valence-corrected chi connectivity index (χ4v) is 6.06. The zero-order valence-electron chi connectivity index (χ0n) is 16.9. The van der Waals surface area contributed by atoms with Crippen LogP contribution in [0, 0.1) is 0 Å². The molecule has 1 saturated heterocycles. The first-order chi connectivity index (χ1) is 13.5. The number of nitrogens with zero attached hydrogens (tertiary/aromatic N) is 4. The highest BCUT2D eigenvalue weighted by Crippen LogP contribution is 2.33. The van der Waals surface area contributed by atoms with Gasteiger partial charge in [-0.3, -0.25) is 4.57 Å². The van der Waals surface area contributed by atoms with Gasteiger partial charge < -0.3 is 20.7 Å². The summed E-state index contributed by atoms with van der Waals surface area (Å²) in [5.74, 6) is 1.02. The first kappa shape index (κ1) is 21.3. The van der Waals surface area contributed by atoms with Gasteiger partial charge in [-0.2, -0.15) is 0 Å². The summed E-state index contributed by atoms with van der Waals surface area (Å²) in [7, 11) is 0.104. The molecule has 3 rings (SSSR count). The van der Waals surface area contributed by atoms with Gasteiger partial charge in [0, 0.05) is 0 Å². The average Bonchev–Trinajstić information content (AvgIpc) is 3.23. The van der Waals surface area contributed by atoms with E-state index in [4.69, 9.17) is 10.5 Å². The number of anilines is 1. The molecule has 0 aliphatic carbocycles. The summed E-state index contributed by atoms with van der Waals surface area (Å²) in [5.41, 5.74) is 6.80. The van der Waals surface area contributed by atoms with Crippen molar-refractivity contribution < 1.29 is 14.9 Å². The summed E-state index contributed by atoms with van der Waals surface area (Å²) in [5, 5.41) is 21.8. The van der Waals surface area contributed by atoms with E-state index in [1.807, 2.05) is 0 Å². The molecule has 0 saturated carbocycles. The summed E-state index contributed by atoms with van der Waals surface area (Å²) in [6, 6.07) is 0. The highest BCUT2D eigenvalue weighted by atomic mass is 32.2. The third-order valence-corrected chi connectivity index (χ3v) is 8.14. The molecule has 2 unspecified atom stereocenters. The molecule has 0 spiro atoms. The van der Waals surface area contributed by atoms with E-state index in [2.05, 4.69) is 35.1 Å². The van der Waals surface area contributed by atoms with Gasteiger partial charge in [0.15, 0.2) is 17.7 Å². The predicted molar refractivity (Wildman–Crippen MR) is 112 cm³/mol. The van der Waals surface area contributed by atoms with Gasteiger partial charge in [-0.1, -0.05) is 26.7 Å². The SMILES string of the molecule is CCCCCC(CC)[S+](C)C[C@H]1O[C@H](n2cnc3c(N)ncnc32)[C@H](O)[C@@H]1O. The van der Waals surface area contributed by atoms with Crippen LogP contribution in [0.1, 0.15) is 52.2 Å². The highest BCUT2D eigenvalue weighted by Gasteiger charge is 2.47. The number of nitrogens with two attached hydrogens (primary N) is 1. The van der Waals surface area contributed by atoms with Crippen LogP contribution >= 0.6 is 0 Å². The molecule has 4 N–H and O–H groups in total. The molecule has 0 amide bonds. The van der Waals surface area contributed by atoms with Gasteiger partial charge in [-0.25, -0.2) is 15.0 Å². The Labute approximate surface area is 168 Å². The monoisotopic (exact) mass is 410 g/mol. The van der Waals surface area contributed by atoms with Gasteiger partial charge in [0.2, 0.25) is 0 Å². The van der Waals surface area contributed by atoms with E-state index in [1.165, 1.54) is 38.3 Å². The Hall–Kier alpha value is -1.42. The van der Waals surface area contributed by atoms with E-state index >= 15 is 0 Å². The van der Waals surface area contributed by atoms with Crippen molar-refractivity contribution >= 4 is 27.9 Å². The first-order valence-corrected chi connectivity index (χ1v) is 11.9. The Morgan fingerprint density at radius 1 is 1.21 bits per heavy atom. The summed E-state index contributed by atoms with van der Waals surface area (Å²) in [6.07, 6.45) is 8.06. The van der Waals surface area contributed by atoms with Gasteiger partial charge in [0.1, 0.15) is 41.2 Å². The van der Waals surface area contributed by atoms with E-state index in [9.17, 15) is 10.2 Å². The number of ether oxygens (including phenoxy) is 1. The molecular formula is C19H32N5O3S+. The van der Waals surface area contributed by atoms with Crippen molar-refractivity contribution in [1.29, 1.82) is 0 Å².